The molecule has 0 amide bonds. The van der Waals surface area contributed by atoms with E-state index < -0.39 is 6.10 Å². The van der Waals surface area contributed by atoms with Crippen LogP contribution in [0.1, 0.15) is 303 Å². The van der Waals surface area contributed by atoms with Crippen LogP contribution in [0.4, 0.5) is 0 Å². The monoisotopic (exact) mass is 965 g/mol. The van der Waals surface area contributed by atoms with Crippen LogP contribution in [0, 0.1) is 0 Å². The lowest BCUT2D eigenvalue weighted by atomic mass is 10.0. The summed E-state index contributed by atoms with van der Waals surface area (Å²) in [6.45, 7) is 6.56. The highest BCUT2D eigenvalue weighted by Crippen LogP contribution is 2.16. The number of ether oxygens (including phenoxy) is 3. The van der Waals surface area contributed by atoms with E-state index in [9.17, 15) is 14.4 Å². The molecule has 0 fully saturated rings. The van der Waals surface area contributed by atoms with Crippen LogP contribution in [-0.4, -0.2) is 37.2 Å². The average Bonchev–Trinajstić information content (AvgIpc) is 3.35. The van der Waals surface area contributed by atoms with Gasteiger partial charge in [0.05, 0.1) is 0 Å². The van der Waals surface area contributed by atoms with E-state index in [1.54, 1.807) is 0 Å². The number of allylic oxidation sites excluding steroid dienone is 10. The molecule has 0 aromatic carbocycles. The highest BCUT2D eigenvalue weighted by molar-refractivity contribution is 5.71. The fourth-order valence-electron chi connectivity index (χ4n) is 8.45. The Morgan fingerprint density at radius 3 is 0.884 bits per heavy atom. The predicted octanol–water partition coefficient (Wildman–Crippen LogP) is 20.0. The fraction of sp³-hybridized carbons (Fsp3) is 0.794. The Hall–Kier alpha value is -2.89. The van der Waals surface area contributed by atoms with E-state index in [0.29, 0.717) is 19.3 Å². The largest absolute Gasteiger partial charge is 0.462 e. The maximum atomic E-state index is 12.8. The van der Waals surface area contributed by atoms with Gasteiger partial charge in [0.1, 0.15) is 13.2 Å². The zero-order chi connectivity index (χ0) is 50.0. The predicted molar refractivity (Wildman–Crippen MR) is 298 cm³/mol. The quantitative estimate of drug-likeness (QED) is 0.0262. The van der Waals surface area contributed by atoms with E-state index in [2.05, 4.69) is 81.5 Å². The Morgan fingerprint density at radius 2 is 0.551 bits per heavy atom. The van der Waals surface area contributed by atoms with Crippen molar-refractivity contribution in [2.45, 2.75) is 309 Å². The number of carbonyl (C=O) groups excluding carboxylic acids is 3. The van der Waals surface area contributed by atoms with Gasteiger partial charge >= 0.3 is 17.9 Å². The van der Waals surface area contributed by atoms with Crippen molar-refractivity contribution < 1.29 is 28.6 Å². The van der Waals surface area contributed by atoms with Crippen molar-refractivity contribution >= 4 is 17.9 Å². The number of carbonyl (C=O) groups is 3. The lowest BCUT2D eigenvalue weighted by Crippen LogP contribution is -2.30. The summed E-state index contributed by atoms with van der Waals surface area (Å²) in [5.41, 5.74) is 0. The molecule has 0 spiro atoms. The van der Waals surface area contributed by atoms with Crippen molar-refractivity contribution in [1.82, 2.24) is 0 Å². The van der Waals surface area contributed by atoms with Gasteiger partial charge in [0.2, 0.25) is 0 Å². The molecule has 6 nitrogen and oxygen atoms in total. The van der Waals surface area contributed by atoms with E-state index in [4.69, 9.17) is 14.2 Å². The van der Waals surface area contributed by atoms with Gasteiger partial charge in [-0.05, 0) is 103 Å². The van der Waals surface area contributed by atoms with E-state index in [0.717, 1.165) is 89.9 Å². The summed E-state index contributed by atoms with van der Waals surface area (Å²) in [7, 11) is 0. The third kappa shape index (κ3) is 55.9. The first-order valence-corrected chi connectivity index (χ1v) is 29.8. The fourth-order valence-corrected chi connectivity index (χ4v) is 8.45. The van der Waals surface area contributed by atoms with E-state index in [1.807, 2.05) is 0 Å². The minimum Gasteiger partial charge on any atom is -0.462 e. The summed E-state index contributed by atoms with van der Waals surface area (Å²) in [4.78, 5) is 38.1. The first-order valence-electron chi connectivity index (χ1n) is 29.8. The molecule has 69 heavy (non-hydrogen) atoms. The Balaban J connectivity index is 4.27. The van der Waals surface area contributed by atoms with Gasteiger partial charge in [-0.15, -0.1) is 0 Å². The number of hydrogen-bond acceptors (Lipinski definition) is 6. The minimum atomic E-state index is -0.782. The molecule has 0 aliphatic rings. The van der Waals surface area contributed by atoms with Gasteiger partial charge in [-0.2, -0.15) is 0 Å². The number of rotatable bonds is 54. The second kappa shape index (κ2) is 57.7. The van der Waals surface area contributed by atoms with Gasteiger partial charge in [-0.25, -0.2) is 0 Å². The van der Waals surface area contributed by atoms with Crippen LogP contribution in [0.5, 0.6) is 0 Å². The normalized spacial score (nSPS) is 12.4. The minimum absolute atomic E-state index is 0.0801. The molecule has 0 aliphatic carbocycles. The summed E-state index contributed by atoms with van der Waals surface area (Å²) in [5, 5.41) is 0. The molecule has 0 aliphatic heterocycles. The highest BCUT2D eigenvalue weighted by Gasteiger charge is 2.19. The molecule has 0 aromatic rings. The second-order valence-corrected chi connectivity index (χ2v) is 19.9. The summed E-state index contributed by atoms with van der Waals surface area (Å²) >= 11 is 0. The molecular formula is C63H112O6. The maximum absolute atomic E-state index is 12.8. The molecule has 0 heterocycles. The van der Waals surface area contributed by atoms with Crippen LogP contribution < -0.4 is 0 Å². The SMILES string of the molecule is CCC/C=C\CCCCCCCC(=O)OCC(COC(=O)CCCCCCCCCCCCC/C=C\C/C=C\CCCCCCC)OC(=O)CCCCCCCCC/C=C\C/C=C\CCCCCC. The van der Waals surface area contributed by atoms with Crippen molar-refractivity contribution in [2.24, 2.45) is 0 Å². The third-order valence-corrected chi connectivity index (χ3v) is 12.9. The van der Waals surface area contributed by atoms with Crippen LogP contribution in [0.2, 0.25) is 0 Å². The van der Waals surface area contributed by atoms with Crippen molar-refractivity contribution in [3.05, 3.63) is 60.8 Å². The van der Waals surface area contributed by atoms with Crippen molar-refractivity contribution in [3.8, 4) is 0 Å². The molecule has 1 atom stereocenters. The van der Waals surface area contributed by atoms with E-state index in [-0.39, 0.29) is 31.1 Å². The molecule has 0 saturated carbocycles. The Bertz CT molecular complexity index is 1250. The average molecular weight is 966 g/mol. The van der Waals surface area contributed by atoms with Crippen LogP contribution >= 0.6 is 0 Å². The van der Waals surface area contributed by atoms with Gasteiger partial charge in [-0.3, -0.25) is 14.4 Å². The van der Waals surface area contributed by atoms with Gasteiger partial charge in [0.15, 0.2) is 6.10 Å². The topological polar surface area (TPSA) is 78.9 Å². The third-order valence-electron chi connectivity index (χ3n) is 12.9. The van der Waals surface area contributed by atoms with E-state index in [1.165, 1.54) is 173 Å². The first-order chi connectivity index (χ1) is 34.0. The molecule has 0 rings (SSSR count). The zero-order valence-electron chi connectivity index (χ0n) is 45.8. The Labute approximate surface area is 428 Å². The lowest BCUT2D eigenvalue weighted by molar-refractivity contribution is -0.167. The molecule has 0 saturated heterocycles. The molecule has 0 N–H and O–H groups in total. The summed E-state index contributed by atoms with van der Waals surface area (Å²) < 4.78 is 16.8. The Kier molecular flexibility index (Phi) is 55.3. The molecule has 0 radical (unpaired) electrons. The molecular weight excluding hydrogens is 853 g/mol. The molecule has 0 bridgehead atoms. The molecule has 0 aromatic heterocycles. The van der Waals surface area contributed by atoms with Crippen LogP contribution in [0.25, 0.3) is 0 Å². The highest BCUT2D eigenvalue weighted by atomic mass is 16.6. The second-order valence-electron chi connectivity index (χ2n) is 19.9. The van der Waals surface area contributed by atoms with Crippen molar-refractivity contribution in [2.75, 3.05) is 13.2 Å². The number of esters is 3. The van der Waals surface area contributed by atoms with Gasteiger partial charge in [-0.1, -0.05) is 242 Å². The van der Waals surface area contributed by atoms with Crippen molar-refractivity contribution in [3.63, 3.8) is 0 Å². The Morgan fingerprint density at radius 1 is 0.290 bits per heavy atom. The number of hydrogen-bond donors (Lipinski definition) is 0. The van der Waals surface area contributed by atoms with Crippen LogP contribution in [0.3, 0.4) is 0 Å². The zero-order valence-corrected chi connectivity index (χ0v) is 45.8. The van der Waals surface area contributed by atoms with Crippen LogP contribution in [0.15, 0.2) is 60.8 Å². The van der Waals surface area contributed by atoms with Gasteiger partial charge in [0, 0.05) is 19.3 Å². The smallest absolute Gasteiger partial charge is 0.306 e. The molecule has 400 valence electrons. The van der Waals surface area contributed by atoms with E-state index >= 15 is 0 Å². The van der Waals surface area contributed by atoms with Crippen molar-refractivity contribution in [1.29, 1.82) is 0 Å². The maximum Gasteiger partial charge on any atom is 0.306 e. The van der Waals surface area contributed by atoms with Crippen LogP contribution in [-0.2, 0) is 28.6 Å². The molecule has 1 unspecified atom stereocenters. The lowest BCUT2D eigenvalue weighted by Gasteiger charge is -2.18. The summed E-state index contributed by atoms with van der Waals surface area (Å²) in [5.74, 6) is -0.891. The standard InChI is InChI=1S/C63H112O6/c1-4-7-10-13-16-19-22-24-26-28-30-31-32-33-34-36-37-39-41-44-47-50-53-56-62(65)68-59-60(58-67-61(64)55-52-49-46-43-21-18-15-12-9-6-3)69-63(66)57-54-51-48-45-42-40-38-35-29-27-25-23-20-17-14-11-8-5-2/h12,15,20,22-24,27-30,60H,4-11,13-14,16-19,21,25-26,31-59H2,1-3H3/b15-12-,23-20-,24-22-,29-27-,30-28-. The summed E-state index contributed by atoms with van der Waals surface area (Å²) in [6, 6.07) is 0. The molecule has 6 heteroatoms. The number of unbranched alkanes of at least 4 members (excludes halogenated alkanes) is 33. The summed E-state index contributed by atoms with van der Waals surface area (Å²) in [6.07, 6.45) is 72.2. The van der Waals surface area contributed by atoms with Gasteiger partial charge in [0.25, 0.3) is 0 Å². The van der Waals surface area contributed by atoms with Gasteiger partial charge < -0.3 is 14.2 Å². The first kappa shape index (κ1) is 66.1.